The van der Waals surface area contributed by atoms with E-state index in [4.69, 9.17) is 11.6 Å². The molecule has 1 aliphatic rings. The predicted octanol–water partition coefficient (Wildman–Crippen LogP) is 4.94. The fourth-order valence-corrected chi connectivity index (χ4v) is 4.99. The van der Waals surface area contributed by atoms with Crippen LogP contribution in [0.4, 0.5) is 11.4 Å². The van der Waals surface area contributed by atoms with Crippen molar-refractivity contribution in [3.8, 4) is 0 Å². The smallest absolute Gasteiger partial charge is 0.268 e. The van der Waals surface area contributed by atoms with Crippen molar-refractivity contribution in [2.24, 2.45) is 0 Å². The molecular formula is C24H22ClN3O4S. The van der Waals surface area contributed by atoms with Crippen LogP contribution in [-0.2, 0) is 15.4 Å². The summed E-state index contributed by atoms with van der Waals surface area (Å²) in [6.45, 7) is 7.82. The minimum absolute atomic E-state index is 0.0122. The summed E-state index contributed by atoms with van der Waals surface area (Å²) in [5.41, 5.74) is 1.69. The Labute approximate surface area is 197 Å². The molecule has 2 aromatic carbocycles. The molecular weight excluding hydrogens is 462 g/mol. The Morgan fingerprint density at radius 3 is 2.18 bits per heavy atom. The van der Waals surface area contributed by atoms with Gasteiger partial charge in [-0.2, -0.15) is 0 Å². The highest BCUT2D eigenvalue weighted by Crippen LogP contribution is 2.38. The molecule has 7 nitrogen and oxygen atoms in total. The number of carbonyl (C=O) groups is 2. The average molecular weight is 484 g/mol. The number of benzene rings is 2. The fourth-order valence-electron chi connectivity index (χ4n) is 3.68. The lowest BCUT2D eigenvalue weighted by molar-refractivity contribution is 0.0926. The number of carbonyl (C=O) groups excluding carboxylic acids is 2. The zero-order valence-corrected chi connectivity index (χ0v) is 20.1. The summed E-state index contributed by atoms with van der Waals surface area (Å²) < 4.78 is 28.6. The third-order valence-corrected chi connectivity index (χ3v) is 7.19. The number of rotatable bonds is 4. The summed E-state index contributed by atoms with van der Waals surface area (Å²) >= 11 is 6.25. The number of sulfonamides is 1. The first kappa shape index (κ1) is 22.9. The van der Waals surface area contributed by atoms with Crippen LogP contribution in [0.5, 0.6) is 0 Å². The van der Waals surface area contributed by atoms with Crippen LogP contribution in [0.15, 0.2) is 59.8 Å². The maximum atomic E-state index is 13.3. The second kappa shape index (κ2) is 7.97. The van der Waals surface area contributed by atoms with E-state index in [1.54, 1.807) is 25.1 Å². The molecule has 2 heterocycles. The number of halogens is 1. The highest BCUT2D eigenvalue weighted by atomic mass is 35.5. The van der Waals surface area contributed by atoms with Crippen LogP contribution in [0.25, 0.3) is 0 Å². The Balaban J connectivity index is 1.75. The van der Waals surface area contributed by atoms with Crippen molar-refractivity contribution in [2.45, 2.75) is 38.0 Å². The topological polar surface area (TPSA) is 96.4 Å². The zero-order valence-electron chi connectivity index (χ0n) is 18.5. The molecule has 0 fully saturated rings. The first-order chi connectivity index (χ1) is 15.4. The van der Waals surface area contributed by atoms with Gasteiger partial charge in [0.1, 0.15) is 0 Å². The van der Waals surface area contributed by atoms with Gasteiger partial charge in [0.15, 0.2) is 0 Å². The van der Waals surface area contributed by atoms with Crippen molar-refractivity contribution in [1.82, 2.24) is 4.98 Å². The molecule has 2 amide bonds. The van der Waals surface area contributed by atoms with Gasteiger partial charge in [-0.25, -0.2) is 13.3 Å². The van der Waals surface area contributed by atoms with Crippen LogP contribution in [0.3, 0.4) is 0 Å². The average Bonchev–Trinajstić information content (AvgIpc) is 3.01. The molecule has 0 atom stereocenters. The lowest BCUT2D eigenvalue weighted by Crippen LogP contribution is -2.30. The maximum absolute atomic E-state index is 13.3. The summed E-state index contributed by atoms with van der Waals surface area (Å²) in [5, 5.41) is 0.0648. The monoisotopic (exact) mass is 483 g/mol. The van der Waals surface area contributed by atoms with Gasteiger partial charge in [-0.1, -0.05) is 44.5 Å². The Kier molecular flexibility index (Phi) is 5.54. The standard InChI is InChI=1S/C24H22ClN3O4S/c1-14-13-26-12-11-19(14)28-22(29)20-17(25)9-10-18(21(20)23(28)30)27-33(31,32)16-7-5-15(6-8-16)24(2,3)4/h5-13,27H,1-4H3. The summed E-state index contributed by atoms with van der Waals surface area (Å²) in [7, 11) is -4.03. The van der Waals surface area contributed by atoms with Crippen molar-refractivity contribution in [1.29, 1.82) is 0 Å². The molecule has 4 rings (SSSR count). The number of fused-ring (bicyclic) bond motifs is 1. The van der Waals surface area contributed by atoms with E-state index < -0.39 is 21.8 Å². The normalized spacial score (nSPS) is 13.9. The number of nitrogens with one attached hydrogen (secondary N) is 1. The van der Waals surface area contributed by atoms with Crippen LogP contribution in [-0.4, -0.2) is 25.2 Å². The summed E-state index contributed by atoms with van der Waals surface area (Å²) in [5.74, 6) is -1.28. The van der Waals surface area contributed by atoms with Crippen LogP contribution in [0.2, 0.25) is 5.02 Å². The van der Waals surface area contributed by atoms with E-state index in [9.17, 15) is 18.0 Å². The Hall–Kier alpha value is -3.23. The highest BCUT2D eigenvalue weighted by molar-refractivity contribution is 7.92. The lowest BCUT2D eigenvalue weighted by atomic mass is 9.87. The minimum Gasteiger partial charge on any atom is -0.279 e. The van der Waals surface area contributed by atoms with Crippen LogP contribution < -0.4 is 9.62 Å². The van der Waals surface area contributed by atoms with E-state index >= 15 is 0 Å². The molecule has 0 unspecified atom stereocenters. The van der Waals surface area contributed by atoms with E-state index in [0.717, 1.165) is 10.5 Å². The van der Waals surface area contributed by atoms with Gasteiger partial charge in [0.05, 0.1) is 32.4 Å². The van der Waals surface area contributed by atoms with Gasteiger partial charge < -0.3 is 0 Å². The van der Waals surface area contributed by atoms with E-state index in [1.807, 2.05) is 20.8 Å². The van der Waals surface area contributed by atoms with E-state index in [2.05, 4.69) is 9.71 Å². The Morgan fingerprint density at radius 2 is 1.58 bits per heavy atom. The van der Waals surface area contributed by atoms with Crippen molar-refractivity contribution in [3.63, 3.8) is 0 Å². The van der Waals surface area contributed by atoms with Gasteiger partial charge in [-0.3, -0.25) is 19.3 Å². The second-order valence-corrected chi connectivity index (χ2v) is 10.9. The molecule has 170 valence electrons. The summed E-state index contributed by atoms with van der Waals surface area (Å²) in [4.78, 5) is 31.4. The molecule has 3 aromatic rings. The number of amides is 2. The number of imide groups is 1. The van der Waals surface area contributed by atoms with Crippen molar-refractivity contribution < 1.29 is 18.0 Å². The molecule has 1 aliphatic heterocycles. The molecule has 33 heavy (non-hydrogen) atoms. The van der Waals surface area contributed by atoms with Crippen molar-refractivity contribution >= 4 is 44.8 Å². The Morgan fingerprint density at radius 1 is 0.939 bits per heavy atom. The molecule has 0 aliphatic carbocycles. The molecule has 0 bridgehead atoms. The maximum Gasteiger partial charge on any atom is 0.268 e. The van der Waals surface area contributed by atoms with E-state index in [0.29, 0.717) is 11.3 Å². The minimum atomic E-state index is -4.03. The predicted molar refractivity (Wildman–Crippen MR) is 128 cm³/mol. The lowest BCUT2D eigenvalue weighted by Gasteiger charge is -2.19. The fraction of sp³-hybridized carbons (Fsp3) is 0.208. The molecule has 9 heteroatoms. The van der Waals surface area contributed by atoms with Crippen molar-refractivity contribution in [2.75, 3.05) is 9.62 Å². The third kappa shape index (κ3) is 4.00. The first-order valence-corrected chi connectivity index (χ1v) is 12.0. The van der Waals surface area contributed by atoms with Crippen molar-refractivity contribution in [3.05, 3.63) is 82.1 Å². The molecule has 0 saturated carbocycles. The number of nitrogens with zero attached hydrogens (tertiary/aromatic N) is 2. The van der Waals surface area contributed by atoms with E-state index in [1.165, 1.54) is 36.7 Å². The van der Waals surface area contributed by atoms with Gasteiger partial charge in [0, 0.05) is 12.4 Å². The summed E-state index contributed by atoms with van der Waals surface area (Å²) in [6.07, 6.45) is 3.00. The third-order valence-electron chi connectivity index (χ3n) is 5.49. The molecule has 0 saturated heterocycles. The quantitative estimate of drug-likeness (QED) is 0.530. The van der Waals surface area contributed by atoms with Gasteiger partial charge in [0.25, 0.3) is 21.8 Å². The Bertz CT molecular complexity index is 1390. The number of pyridine rings is 1. The summed E-state index contributed by atoms with van der Waals surface area (Å²) in [6, 6.07) is 10.9. The zero-order chi connectivity index (χ0) is 24.1. The number of aromatic nitrogens is 1. The van der Waals surface area contributed by atoms with Gasteiger partial charge in [-0.15, -0.1) is 0 Å². The number of hydrogen-bond acceptors (Lipinski definition) is 5. The van der Waals surface area contributed by atoms with Crippen LogP contribution in [0.1, 0.15) is 52.6 Å². The number of aryl methyl sites for hydroxylation is 1. The highest BCUT2D eigenvalue weighted by Gasteiger charge is 2.41. The largest absolute Gasteiger partial charge is 0.279 e. The van der Waals surface area contributed by atoms with E-state index in [-0.39, 0.29) is 32.1 Å². The van der Waals surface area contributed by atoms with Crippen LogP contribution in [0, 0.1) is 6.92 Å². The van der Waals surface area contributed by atoms with Crippen LogP contribution >= 0.6 is 11.6 Å². The van der Waals surface area contributed by atoms with Gasteiger partial charge >= 0.3 is 0 Å². The number of hydrogen-bond donors (Lipinski definition) is 1. The molecule has 1 N–H and O–H groups in total. The second-order valence-electron chi connectivity index (χ2n) is 8.83. The molecule has 0 radical (unpaired) electrons. The first-order valence-electron chi connectivity index (χ1n) is 10.2. The molecule has 1 aromatic heterocycles. The van der Waals surface area contributed by atoms with Gasteiger partial charge in [0.2, 0.25) is 0 Å². The molecule has 0 spiro atoms. The SMILES string of the molecule is Cc1cnccc1N1C(=O)c2c(Cl)ccc(NS(=O)(=O)c3ccc(C(C)(C)C)cc3)c2C1=O. The van der Waals surface area contributed by atoms with Gasteiger partial charge in [-0.05, 0) is 53.8 Å². The number of anilines is 2.